The van der Waals surface area contributed by atoms with Crippen LogP contribution in [0.5, 0.6) is 0 Å². The molecule has 2 aliphatic heterocycles. The van der Waals surface area contributed by atoms with Gasteiger partial charge < -0.3 is 9.47 Å². The highest BCUT2D eigenvalue weighted by molar-refractivity contribution is 7.99. The lowest BCUT2D eigenvalue weighted by Gasteiger charge is -2.31. The van der Waals surface area contributed by atoms with Gasteiger partial charge in [-0.25, -0.2) is 0 Å². The molecule has 7 heteroatoms. The minimum Gasteiger partial charge on any atom is -0.310 e. The van der Waals surface area contributed by atoms with Crippen molar-refractivity contribution in [2.45, 2.75) is 36.6 Å². The molecule has 0 radical (unpaired) electrons. The number of nitrogens with zero attached hydrogens (tertiary/aromatic N) is 4. The number of fused-ring (bicyclic) bond motifs is 3. The van der Waals surface area contributed by atoms with Gasteiger partial charge in [0.25, 0.3) is 0 Å². The van der Waals surface area contributed by atoms with Crippen LogP contribution in [0.3, 0.4) is 0 Å². The maximum Gasteiger partial charge on any atom is 0.165 e. The van der Waals surface area contributed by atoms with Crippen molar-refractivity contribution < 1.29 is 0 Å². The van der Waals surface area contributed by atoms with Crippen LogP contribution in [0.15, 0.2) is 39.9 Å². The number of hydrogen-bond acceptors (Lipinski definition) is 5. The summed E-state index contributed by atoms with van der Waals surface area (Å²) in [5.41, 5.74) is 2.63. The summed E-state index contributed by atoms with van der Waals surface area (Å²) in [7, 11) is 0. The number of piperidine rings is 1. The quantitative estimate of drug-likeness (QED) is 0.570. The van der Waals surface area contributed by atoms with Gasteiger partial charge in [0, 0.05) is 51.0 Å². The van der Waals surface area contributed by atoms with Crippen molar-refractivity contribution in [2.75, 3.05) is 25.4 Å². The average Bonchev–Trinajstić information content (AvgIpc) is 3.32. The average molecular weight is 431 g/mol. The summed E-state index contributed by atoms with van der Waals surface area (Å²) < 4.78 is 2.39. The van der Waals surface area contributed by atoms with Crippen LogP contribution in [0, 0.1) is 0 Å². The van der Waals surface area contributed by atoms with Gasteiger partial charge in [0.2, 0.25) is 0 Å². The minimum atomic E-state index is 0.526. The van der Waals surface area contributed by atoms with Gasteiger partial charge in [-0.3, -0.25) is 0 Å². The van der Waals surface area contributed by atoms with E-state index in [4.69, 9.17) is 11.6 Å². The minimum absolute atomic E-state index is 0.526. The molecular formula is C21H23ClN4S2. The highest BCUT2D eigenvalue weighted by Gasteiger charge is 2.28. The summed E-state index contributed by atoms with van der Waals surface area (Å²) in [6.07, 6.45) is 3.42. The van der Waals surface area contributed by atoms with E-state index in [9.17, 15) is 0 Å². The van der Waals surface area contributed by atoms with Gasteiger partial charge in [0.15, 0.2) is 5.82 Å². The Balaban J connectivity index is 1.23. The number of likely N-dealkylation sites (tertiary alicyclic amines) is 1. The second-order valence-electron chi connectivity index (χ2n) is 7.52. The molecule has 0 spiro atoms. The van der Waals surface area contributed by atoms with Gasteiger partial charge >= 0.3 is 0 Å². The Hall–Kier alpha value is -1.34. The smallest absolute Gasteiger partial charge is 0.165 e. The highest BCUT2D eigenvalue weighted by Crippen LogP contribution is 2.38. The number of benzene rings is 1. The Kier molecular flexibility index (Phi) is 5.46. The molecule has 0 aliphatic carbocycles. The van der Waals surface area contributed by atoms with Crippen LogP contribution in [0.4, 0.5) is 0 Å². The molecule has 1 fully saturated rings. The van der Waals surface area contributed by atoms with Crippen LogP contribution in [-0.4, -0.2) is 45.1 Å². The fraction of sp³-hybridized carbons (Fsp3) is 0.429. The molecule has 5 rings (SSSR count). The molecule has 4 heterocycles. The van der Waals surface area contributed by atoms with Crippen LogP contribution >= 0.6 is 34.7 Å². The molecular weight excluding hydrogens is 408 g/mol. The second kappa shape index (κ2) is 8.19. The van der Waals surface area contributed by atoms with E-state index in [1.165, 1.54) is 34.7 Å². The van der Waals surface area contributed by atoms with E-state index in [1.807, 2.05) is 23.9 Å². The van der Waals surface area contributed by atoms with Gasteiger partial charge in [-0.05, 0) is 50.0 Å². The first-order valence-corrected chi connectivity index (χ1v) is 12.2. The third-order valence-corrected chi connectivity index (χ3v) is 7.98. The molecule has 0 unspecified atom stereocenters. The van der Waals surface area contributed by atoms with Gasteiger partial charge in [-0.1, -0.05) is 23.7 Å². The number of halogens is 1. The monoisotopic (exact) mass is 430 g/mol. The SMILES string of the molecule is Clc1ccc(CCN2CCC(c3nnc4n3CCSc3cscc3-4)CC2)cc1. The summed E-state index contributed by atoms with van der Waals surface area (Å²) in [5, 5.41) is 14.5. The third kappa shape index (κ3) is 3.75. The van der Waals surface area contributed by atoms with Crippen LogP contribution < -0.4 is 0 Å². The summed E-state index contributed by atoms with van der Waals surface area (Å²) in [6.45, 7) is 4.40. The van der Waals surface area contributed by atoms with E-state index >= 15 is 0 Å². The molecule has 0 saturated carbocycles. The van der Waals surface area contributed by atoms with E-state index in [2.05, 4.69) is 42.6 Å². The molecule has 2 aromatic heterocycles. The first kappa shape index (κ1) is 18.7. The fourth-order valence-electron chi connectivity index (χ4n) is 4.20. The normalized spacial score (nSPS) is 17.9. The van der Waals surface area contributed by atoms with E-state index < -0.39 is 0 Å². The predicted molar refractivity (Wildman–Crippen MR) is 118 cm³/mol. The molecule has 1 saturated heterocycles. The van der Waals surface area contributed by atoms with Crippen molar-refractivity contribution in [2.24, 2.45) is 0 Å². The van der Waals surface area contributed by atoms with E-state index in [-0.39, 0.29) is 0 Å². The fourth-order valence-corrected chi connectivity index (χ4v) is 6.32. The van der Waals surface area contributed by atoms with Crippen molar-refractivity contribution in [3.63, 3.8) is 0 Å². The molecule has 0 atom stereocenters. The van der Waals surface area contributed by atoms with E-state index in [0.29, 0.717) is 5.92 Å². The van der Waals surface area contributed by atoms with Crippen molar-refractivity contribution in [3.8, 4) is 11.4 Å². The Morgan fingerprint density at radius 3 is 2.68 bits per heavy atom. The molecule has 0 amide bonds. The van der Waals surface area contributed by atoms with Crippen molar-refractivity contribution in [3.05, 3.63) is 51.4 Å². The standard InChI is InChI=1S/C21H23ClN4S2/c22-17-3-1-15(2-4-17)5-8-25-9-6-16(7-10-25)20-23-24-21-18-13-27-14-19(18)28-12-11-26(20)21/h1-4,13-14,16H,5-12H2. The second-order valence-corrected chi connectivity index (χ2v) is 9.84. The molecule has 0 bridgehead atoms. The zero-order valence-electron chi connectivity index (χ0n) is 15.7. The molecule has 4 nitrogen and oxygen atoms in total. The van der Waals surface area contributed by atoms with Crippen LogP contribution in [0.25, 0.3) is 11.4 Å². The predicted octanol–water partition coefficient (Wildman–Crippen LogP) is 5.19. The molecule has 2 aliphatic rings. The summed E-state index contributed by atoms with van der Waals surface area (Å²) in [6, 6.07) is 8.24. The van der Waals surface area contributed by atoms with Gasteiger partial charge in [-0.15, -0.1) is 22.0 Å². The lowest BCUT2D eigenvalue weighted by atomic mass is 9.95. The maximum atomic E-state index is 5.98. The number of rotatable bonds is 4. The van der Waals surface area contributed by atoms with Crippen molar-refractivity contribution in [1.82, 2.24) is 19.7 Å². The Bertz CT molecular complexity index is 942. The zero-order valence-corrected chi connectivity index (χ0v) is 18.1. The Morgan fingerprint density at radius 2 is 1.86 bits per heavy atom. The molecule has 146 valence electrons. The Morgan fingerprint density at radius 1 is 1.04 bits per heavy atom. The topological polar surface area (TPSA) is 34.0 Å². The van der Waals surface area contributed by atoms with Gasteiger partial charge in [0.05, 0.1) is 0 Å². The maximum absolute atomic E-state index is 5.98. The van der Waals surface area contributed by atoms with Crippen molar-refractivity contribution in [1.29, 1.82) is 0 Å². The molecule has 28 heavy (non-hydrogen) atoms. The molecule has 0 N–H and O–H groups in total. The lowest BCUT2D eigenvalue weighted by Crippen LogP contribution is -2.35. The number of hydrogen-bond donors (Lipinski definition) is 0. The van der Waals surface area contributed by atoms with Gasteiger partial charge in [-0.2, -0.15) is 11.3 Å². The summed E-state index contributed by atoms with van der Waals surface area (Å²) in [5.74, 6) is 3.90. The molecule has 1 aromatic carbocycles. The number of thioether (sulfide) groups is 1. The van der Waals surface area contributed by atoms with Gasteiger partial charge in [0.1, 0.15) is 5.82 Å². The third-order valence-electron chi connectivity index (χ3n) is 5.80. The first-order valence-electron chi connectivity index (χ1n) is 9.87. The van der Waals surface area contributed by atoms with Crippen molar-refractivity contribution >= 4 is 34.7 Å². The summed E-state index contributed by atoms with van der Waals surface area (Å²) in [4.78, 5) is 3.94. The largest absolute Gasteiger partial charge is 0.310 e. The van der Waals surface area contributed by atoms with E-state index in [1.54, 1.807) is 11.3 Å². The lowest BCUT2D eigenvalue weighted by molar-refractivity contribution is 0.210. The van der Waals surface area contributed by atoms with E-state index in [0.717, 1.165) is 49.2 Å². The summed E-state index contributed by atoms with van der Waals surface area (Å²) >= 11 is 9.69. The van der Waals surface area contributed by atoms with Crippen LogP contribution in [0.2, 0.25) is 5.02 Å². The van der Waals surface area contributed by atoms with Crippen LogP contribution in [0.1, 0.15) is 30.1 Å². The first-order chi connectivity index (χ1) is 13.8. The molecule has 3 aromatic rings. The highest BCUT2D eigenvalue weighted by atomic mass is 35.5. The van der Waals surface area contributed by atoms with Crippen LogP contribution in [-0.2, 0) is 13.0 Å². The zero-order chi connectivity index (χ0) is 18.9. The number of aromatic nitrogens is 3. The number of thiophene rings is 1. The Labute approximate surface area is 178 Å².